The Hall–Kier alpha value is -1.69. The Morgan fingerprint density at radius 2 is 2.11 bits per heavy atom. The van der Waals surface area contributed by atoms with Gasteiger partial charge in [-0.05, 0) is 19.4 Å². The molecule has 1 aromatic rings. The van der Waals surface area contributed by atoms with Crippen molar-refractivity contribution < 1.29 is 19.4 Å². The number of carbonyl (C=O) groups is 1. The summed E-state index contributed by atoms with van der Waals surface area (Å²) < 4.78 is 10.6. The van der Waals surface area contributed by atoms with Gasteiger partial charge in [-0.15, -0.1) is 0 Å². The van der Waals surface area contributed by atoms with Gasteiger partial charge in [0.15, 0.2) is 5.69 Å². The Morgan fingerprint density at radius 1 is 1.33 bits per heavy atom. The molecular formula is C12H18N2O4. The normalized spacial score (nSPS) is 10.3. The highest BCUT2D eigenvalue weighted by Gasteiger charge is 2.09. The molecule has 0 bridgehead atoms. The van der Waals surface area contributed by atoms with Gasteiger partial charge in [-0.2, -0.15) is 4.98 Å². The molecule has 6 heteroatoms. The van der Waals surface area contributed by atoms with Crippen LogP contribution in [0.25, 0.3) is 0 Å². The van der Waals surface area contributed by atoms with E-state index in [0.717, 1.165) is 12.8 Å². The highest BCUT2D eigenvalue weighted by Crippen LogP contribution is 2.07. The zero-order valence-corrected chi connectivity index (χ0v) is 10.7. The van der Waals surface area contributed by atoms with Crippen LogP contribution in [0.15, 0.2) is 6.07 Å². The molecule has 0 atom stereocenters. The molecule has 0 radical (unpaired) electrons. The van der Waals surface area contributed by atoms with Gasteiger partial charge in [-0.3, -0.25) is 0 Å². The summed E-state index contributed by atoms with van der Waals surface area (Å²) in [6.07, 6.45) is 2.11. The van der Waals surface area contributed by atoms with Gasteiger partial charge in [0, 0.05) is 12.3 Å². The molecule has 0 spiro atoms. The Bertz CT molecular complexity index is 396. The number of hydrogen-bond acceptors (Lipinski definition) is 5. The molecule has 6 nitrogen and oxygen atoms in total. The summed E-state index contributed by atoms with van der Waals surface area (Å²) in [5.41, 5.74) is 0.494. The minimum atomic E-state index is -1.09. The van der Waals surface area contributed by atoms with Crippen molar-refractivity contribution in [2.45, 2.75) is 26.7 Å². The maximum Gasteiger partial charge on any atom is 0.354 e. The molecule has 18 heavy (non-hydrogen) atoms. The molecule has 0 unspecified atom stereocenters. The molecule has 100 valence electrons. The van der Waals surface area contributed by atoms with Crippen LogP contribution in [0.3, 0.4) is 0 Å². The third-order valence-corrected chi connectivity index (χ3v) is 2.15. The number of nitrogens with zero attached hydrogens (tertiary/aromatic N) is 2. The lowest BCUT2D eigenvalue weighted by Gasteiger charge is -2.06. The first kappa shape index (κ1) is 14.4. The average Bonchev–Trinajstić information content (AvgIpc) is 2.33. The van der Waals surface area contributed by atoms with E-state index in [1.807, 2.05) is 0 Å². The summed E-state index contributed by atoms with van der Waals surface area (Å²) in [4.78, 5) is 18.6. The van der Waals surface area contributed by atoms with Crippen LogP contribution in [0.4, 0.5) is 0 Å². The summed E-state index contributed by atoms with van der Waals surface area (Å²) in [6, 6.07) is 1.47. The SMILES string of the molecule is CCCCOCCOc1nc(C)cc(C(=O)O)n1. The highest BCUT2D eigenvalue weighted by molar-refractivity contribution is 5.85. The number of aromatic carboxylic acids is 1. The van der Waals surface area contributed by atoms with E-state index in [1.54, 1.807) is 6.92 Å². The van der Waals surface area contributed by atoms with E-state index in [-0.39, 0.29) is 11.7 Å². The molecule has 0 aliphatic rings. The van der Waals surface area contributed by atoms with Crippen molar-refractivity contribution in [3.8, 4) is 6.01 Å². The quantitative estimate of drug-likeness (QED) is 0.711. The molecule has 0 saturated heterocycles. The van der Waals surface area contributed by atoms with E-state index in [9.17, 15) is 4.79 Å². The molecule has 0 aliphatic heterocycles. The smallest absolute Gasteiger partial charge is 0.354 e. The lowest BCUT2D eigenvalue weighted by molar-refractivity contribution is 0.0686. The predicted molar refractivity (Wildman–Crippen MR) is 65.0 cm³/mol. The van der Waals surface area contributed by atoms with Crippen molar-refractivity contribution >= 4 is 5.97 Å². The van der Waals surface area contributed by atoms with Crippen molar-refractivity contribution in [1.29, 1.82) is 0 Å². The molecule has 0 amide bonds. The van der Waals surface area contributed by atoms with Gasteiger partial charge in [-0.1, -0.05) is 13.3 Å². The number of rotatable bonds is 8. The van der Waals surface area contributed by atoms with Crippen molar-refractivity contribution in [2.75, 3.05) is 19.8 Å². The fourth-order valence-electron chi connectivity index (χ4n) is 1.26. The second kappa shape index (κ2) is 7.60. The van der Waals surface area contributed by atoms with E-state index in [2.05, 4.69) is 16.9 Å². The average molecular weight is 254 g/mol. The summed E-state index contributed by atoms with van der Waals surface area (Å²) in [7, 11) is 0. The molecule has 1 rings (SSSR count). The number of carboxylic acids is 1. The zero-order valence-electron chi connectivity index (χ0n) is 10.7. The maximum absolute atomic E-state index is 10.8. The standard InChI is InChI=1S/C12H18N2O4/c1-3-4-5-17-6-7-18-12-13-9(2)8-10(14-12)11(15)16/h8H,3-7H2,1-2H3,(H,15,16). The third-order valence-electron chi connectivity index (χ3n) is 2.15. The number of carboxylic acid groups (broad SMARTS) is 1. The van der Waals surface area contributed by atoms with Crippen molar-refractivity contribution in [3.63, 3.8) is 0 Å². The first-order valence-electron chi connectivity index (χ1n) is 5.93. The van der Waals surface area contributed by atoms with Gasteiger partial charge < -0.3 is 14.6 Å². The number of ether oxygens (including phenoxy) is 2. The summed E-state index contributed by atoms with van der Waals surface area (Å²) >= 11 is 0. The van der Waals surface area contributed by atoms with Crippen LogP contribution in [-0.4, -0.2) is 40.9 Å². The zero-order chi connectivity index (χ0) is 13.4. The first-order chi connectivity index (χ1) is 8.63. The van der Waals surface area contributed by atoms with Crippen LogP contribution in [0.1, 0.15) is 35.9 Å². The van der Waals surface area contributed by atoms with E-state index in [4.69, 9.17) is 14.6 Å². The van der Waals surface area contributed by atoms with Gasteiger partial charge in [0.2, 0.25) is 0 Å². The minimum Gasteiger partial charge on any atom is -0.477 e. The molecule has 1 aromatic heterocycles. The summed E-state index contributed by atoms with van der Waals surface area (Å²) in [5, 5.41) is 8.83. The largest absolute Gasteiger partial charge is 0.477 e. The fourth-order valence-corrected chi connectivity index (χ4v) is 1.26. The molecular weight excluding hydrogens is 236 g/mol. The molecule has 0 aromatic carbocycles. The molecule has 0 fully saturated rings. The van der Waals surface area contributed by atoms with Crippen molar-refractivity contribution in [2.24, 2.45) is 0 Å². The van der Waals surface area contributed by atoms with Crippen molar-refractivity contribution in [3.05, 3.63) is 17.5 Å². The van der Waals surface area contributed by atoms with Gasteiger partial charge in [-0.25, -0.2) is 9.78 Å². The van der Waals surface area contributed by atoms with E-state index >= 15 is 0 Å². The number of unbranched alkanes of at least 4 members (excludes halogenated alkanes) is 1. The monoisotopic (exact) mass is 254 g/mol. The van der Waals surface area contributed by atoms with E-state index < -0.39 is 5.97 Å². The van der Waals surface area contributed by atoms with Gasteiger partial charge in [0.05, 0.1) is 6.61 Å². The third kappa shape index (κ3) is 5.09. The van der Waals surface area contributed by atoms with E-state index in [0.29, 0.717) is 25.5 Å². The molecule has 0 aliphatic carbocycles. The Morgan fingerprint density at radius 3 is 2.78 bits per heavy atom. The first-order valence-corrected chi connectivity index (χ1v) is 5.93. The minimum absolute atomic E-state index is 0.0654. The predicted octanol–water partition coefficient (Wildman–Crippen LogP) is 1.68. The molecule has 1 heterocycles. The van der Waals surface area contributed by atoms with Crippen LogP contribution >= 0.6 is 0 Å². The van der Waals surface area contributed by atoms with Gasteiger partial charge >= 0.3 is 12.0 Å². The Labute approximate surface area is 106 Å². The van der Waals surface area contributed by atoms with Gasteiger partial charge in [0.1, 0.15) is 6.61 Å². The summed E-state index contributed by atoms with van der Waals surface area (Å²) in [6.45, 7) is 5.24. The topological polar surface area (TPSA) is 81.5 Å². The maximum atomic E-state index is 10.8. The number of aromatic nitrogens is 2. The van der Waals surface area contributed by atoms with Gasteiger partial charge in [0.25, 0.3) is 0 Å². The lowest BCUT2D eigenvalue weighted by atomic mass is 10.3. The van der Waals surface area contributed by atoms with Crippen LogP contribution in [-0.2, 0) is 4.74 Å². The van der Waals surface area contributed by atoms with Crippen LogP contribution in [0.2, 0.25) is 0 Å². The fraction of sp³-hybridized carbons (Fsp3) is 0.583. The van der Waals surface area contributed by atoms with Crippen molar-refractivity contribution in [1.82, 2.24) is 9.97 Å². The number of aryl methyl sites for hydroxylation is 1. The second-order valence-electron chi connectivity index (χ2n) is 3.80. The summed E-state index contributed by atoms with van der Waals surface area (Å²) in [5.74, 6) is -1.09. The highest BCUT2D eigenvalue weighted by atomic mass is 16.5. The Balaban J connectivity index is 2.40. The van der Waals surface area contributed by atoms with Crippen LogP contribution in [0.5, 0.6) is 6.01 Å². The van der Waals surface area contributed by atoms with Crippen LogP contribution < -0.4 is 4.74 Å². The molecule has 0 saturated carbocycles. The lowest BCUT2D eigenvalue weighted by Crippen LogP contribution is -2.11. The molecule has 1 N–H and O–H groups in total. The second-order valence-corrected chi connectivity index (χ2v) is 3.80. The Kier molecular flexibility index (Phi) is 6.07. The number of hydrogen-bond donors (Lipinski definition) is 1. The van der Waals surface area contributed by atoms with E-state index in [1.165, 1.54) is 6.07 Å². The van der Waals surface area contributed by atoms with Crippen LogP contribution in [0, 0.1) is 6.92 Å².